The van der Waals surface area contributed by atoms with Gasteiger partial charge in [-0.05, 0) is 25.7 Å². The first-order valence-electron chi connectivity index (χ1n) is 6.78. The Balaban J connectivity index is 2.98. The van der Waals surface area contributed by atoms with Gasteiger partial charge in [0.15, 0.2) is 0 Å². The summed E-state index contributed by atoms with van der Waals surface area (Å²) in [7, 11) is 0. The Morgan fingerprint density at radius 2 is 2.11 bits per heavy atom. The summed E-state index contributed by atoms with van der Waals surface area (Å²) in [5, 5.41) is 9.52. The molecule has 2 atom stereocenters. The molecule has 2 unspecified atom stereocenters. The van der Waals surface area contributed by atoms with E-state index in [4.69, 9.17) is 5.73 Å². The Bertz CT molecular complexity index is 315. The lowest BCUT2D eigenvalue weighted by Gasteiger charge is -2.36. The van der Waals surface area contributed by atoms with Gasteiger partial charge in [-0.15, -0.1) is 0 Å². The summed E-state index contributed by atoms with van der Waals surface area (Å²) < 4.78 is 0. The third-order valence-electron chi connectivity index (χ3n) is 3.94. The van der Waals surface area contributed by atoms with Crippen LogP contribution in [-0.4, -0.2) is 40.5 Å². The van der Waals surface area contributed by atoms with E-state index < -0.39 is 11.5 Å². The highest BCUT2D eigenvalue weighted by Crippen LogP contribution is 2.35. The molecule has 0 aromatic heterocycles. The van der Waals surface area contributed by atoms with E-state index in [2.05, 4.69) is 0 Å². The van der Waals surface area contributed by atoms with Gasteiger partial charge in [-0.3, -0.25) is 4.79 Å². The number of rotatable bonds is 6. The summed E-state index contributed by atoms with van der Waals surface area (Å²) in [6.45, 7) is 4.69. The maximum Gasteiger partial charge on any atom is 0.329 e. The normalized spacial score (nSPS) is 25.2. The molecule has 1 aliphatic heterocycles. The molecule has 3 N–H and O–H groups in total. The Labute approximate surface area is 108 Å². The number of nitrogens with two attached hydrogens (primary N) is 1. The molecule has 104 valence electrons. The molecule has 1 fully saturated rings. The van der Waals surface area contributed by atoms with Crippen LogP contribution in [0.5, 0.6) is 0 Å². The van der Waals surface area contributed by atoms with Crippen molar-refractivity contribution in [2.45, 2.75) is 51.5 Å². The molecule has 0 saturated carbocycles. The van der Waals surface area contributed by atoms with E-state index in [1.54, 1.807) is 4.90 Å². The fourth-order valence-corrected chi connectivity index (χ4v) is 2.87. The van der Waals surface area contributed by atoms with Crippen LogP contribution in [0, 0.1) is 5.92 Å². The number of carbonyl (C=O) groups excluding carboxylic acids is 1. The molecule has 1 amide bonds. The molecule has 1 heterocycles. The van der Waals surface area contributed by atoms with E-state index in [-0.39, 0.29) is 18.4 Å². The number of carbonyl (C=O) groups is 2. The standard InChI is InChI=1S/C13H24N2O3/c1-3-6-13(12(17)18)7-5-8-15(13)11(16)10(4-2)9-14/h10H,3-9,14H2,1-2H3,(H,17,18). The summed E-state index contributed by atoms with van der Waals surface area (Å²) in [6, 6.07) is 0. The molecular formula is C13H24N2O3. The largest absolute Gasteiger partial charge is 0.479 e. The van der Waals surface area contributed by atoms with Crippen molar-refractivity contribution in [1.82, 2.24) is 4.90 Å². The SMILES string of the molecule is CCCC1(C(=O)O)CCCN1C(=O)C(CC)CN. The van der Waals surface area contributed by atoms with E-state index in [1.807, 2.05) is 13.8 Å². The van der Waals surface area contributed by atoms with Crippen LogP contribution in [0.1, 0.15) is 46.0 Å². The summed E-state index contributed by atoms with van der Waals surface area (Å²) in [6.07, 6.45) is 3.26. The molecule has 0 aromatic carbocycles. The lowest BCUT2D eigenvalue weighted by atomic mass is 9.89. The maximum atomic E-state index is 12.4. The molecule has 0 spiro atoms. The van der Waals surface area contributed by atoms with Crippen LogP contribution in [0.3, 0.4) is 0 Å². The average Bonchev–Trinajstić information content (AvgIpc) is 2.76. The average molecular weight is 256 g/mol. The number of hydrogen-bond donors (Lipinski definition) is 2. The van der Waals surface area contributed by atoms with Gasteiger partial charge >= 0.3 is 5.97 Å². The van der Waals surface area contributed by atoms with Gasteiger partial charge in [0.2, 0.25) is 5.91 Å². The highest BCUT2D eigenvalue weighted by atomic mass is 16.4. The van der Waals surface area contributed by atoms with Crippen LogP contribution in [-0.2, 0) is 9.59 Å². The highest BCUT2D eigenvalue weighted by molar-refractivity contribution is 5.89. The van der Waals surface area contributed by atoms with Crippen molar-refractivity contribution in [3.63, 3.8) is 0 Å². The van der Waals surface area contributed by atoms with Crippen molar-refractivity contribution >= 4 is 11.9 Å². The van der Waals surface area contributed by atoms with Crippen LogP contribution in [0.2, 0.25) is 0 Å². The molecule has 5 nitrogen and oxygen atoms in total. The first kappa shape index (κ1) is 15.0. The Kier molecular flexibility index (Phi) is 5.14. The smallest absolute Gasteiger partial charge is 0.329 e. The molecule has 5 heteroatoms. The van der Waals surface area contributed by atoms with Gasteiger partial charge in [-0.25, -0.2) is 4.79 Å². The zero-order valence-electron chi connectivity index (χ0n) is 11.3. The number of aliphatic carboxylic acids is 1. The summed E-state index contributed by atoms with van der Waals surface area (Å²) in [5.41, 5.74) is 4.60. The van der Waals surface area contributed by atoms with Gasteiger partial charge in [0.05, 0.1) is 5.92 Å². The second kappa shape index (κ2) is 6.18. The van der Waals surface area contributed by atoms with Gasteiger partial charge in [0.25, 0.3) is 0 Å². The maximum absolute atomic E-state index is 12.4. The quantitative estimate of drug-likeness (QED) is 0.748. The van der Waals surface area contributed by atoms with Crippen LogP contribution in [0.25, 0.3) is 0 Å². The second-order valence-corrected chi connectivity index (χ2v) is 5.02. The number of likely N-dealkylation sites (tertiary alicyclic amines) is 1. The zero-order valence-corrected chi connectivity index (χ0v) is 11.3. The molecular weight excluding hydrogens is 232 g/mol. The second-order valence-electron chi connectivity index (χ2n) is 5.02. The van der Waals surface area contributed by atoms with Crippen molar-refractivity contribution in [2.75, 3.05) is 13.1 Å². The molecule has 0 aromatic rings. The number of carboxylic acids is 1. The first-order valence-corrected chi connectivity index (χ1v) is 6.78. The monoisotopic (exact) mass is 256 g/mol. The summed E-state index contributed by atoms with van der Waals surface area (Å²) in [4.78, 5) is 25.6. The van der Waals surface area contributed by atoms with E-state index >= 15 is 0 Å². The minimum atomic E-state index is -0.992. The van der Waals surface area contributed by atoms with Crippen molar-refractivity contribution in [2.24, 2.45) is 11.7 Å². The van der Waals surface area contributed by atoms with Gasteiger partial charge in [0, 0.05) is 13.1 Å². The number of carboxylic acid groups (broad SMARTS) is 1. The first-order chi connectivity index (χ1) is 8.53. The van der Waals surface area contributed by atoms with Crippen LogP contribution in [0.4, 0.5) is 0 Å². The lowest BCUT2D eigenvalue weighted by molar-refractivity contribution is -0.158. The Hall–Kier alpha value is -1.10. The Morgan fingerprint density at radius 1 is 1.44 bits per heavy atom. The topological polar surface area (TPSA) is 83.6 Å². The van der Waals surface area contributed by atoms with Gasteiger partial charge in [0.1, 0.15) is 5.54 Å². The van der Waals surface area contributed by atoms with Gasteiger partial charge < -0.3 is 15.7 Å². The molecule has 18 heavy (non-hydrogen) atoms. The van der Waals surface area contributed by atoms with E-state index in [0.717, 1.165) is 12.8 Å². The molecule has 0 radical (unpaired) electrons. The summed E-state index contributed by atoms with van der Waals surface area (Å²) >= 11 is 0. The third-order valence-corrected chi connectivity index (χ3v) is 3.94. The Morgan fingerprint density at radius 3 is 2.56 bits per heavy atom. The van der Waals surface area contributed by atoms with Crippen LogP contribution < -0.4 is 5.73 Å². The van der Waals surface area contributed by atoms with Crippen LogP contribution >= 0.6 is 0 Å². The number of nitrogens with zero attached hydrogens (tertiary/aromatic N) is 1. The van der Waals surface area contributed by atoms with E-state index in [1.165, 1.54) is 0 Å². The molecule has 0 bridgehead atoms. The van der Waals surface area contributed by atoms with Crippen LogP contribution in [0.15, 0.2) is 0 Å². The lowest BCUT2D eigenvalue weighted by Crippen LogP contribution is -2.55. The predicted octanol–water partition coefficient (Wildman–Crippen LogP) is 1.22. The van der Waals surface area contributed by atoms with Gasteiger partial charge in [-0.1, -0.05) is 20.3 Å². The number of hydrogen-bond acceptors (Lipinski definition) is 3. The van der Waals surface area contributed by atoms with Gasteiger partial charge in [-0.2, -0.15) is 0 Å². The van der Waals surface area contributed by atoms with E-state index in [9.17, 15) is 14.7 Å². The predicted molar refractivity (Wildman–Crippen MR) is 69.1 cm³/mol. The third kappa shape index (κ3) is 2.51. The fourth-order valence-electron chi connectivity index (χ4n) is 2.87. The van der Waals surface area contributed by atoms with Crippen molar-refractivity contribution < 1.29 is 14.7 Å². The van der Waals surface area contributed by atoms with Crippen molar-refractivity contribution in [3.8, 4) is 0 Å². The highest BCUT2D eigenvalue weighted by Gasteiger charge is 2.49. The minimum Gasteiger partial charge on any atom is -0.479 e. The fraction of sp³-hybridized carbons (Fsp3) is 0.846. The van der Waals surface area contributed by atoms with Crippen molar-refractivity contribution in [1.29, 1.82) is 0 Å². The van der Waals surface area contributed by atoms with Crippen molar-refractivity contribution in [3.05, 3.63) is 0 Å². The molecule has 0 aliphatic carbocycles. The van der Waals surface area contributed by atoms with E-state index in [0.29, 0.717) is 25.8 Å². The zero-order chi connectivity index (χ0) is 13.8. The molecule has 1 aliphatic rings. The molecule has 1 saturated heterocycles. The minimum absolute atomic E-state index is 0.0895. The molecule has 1 rings (SSSR count). The summed E-state index contributed by atoms with van der Waals surface area (Å²) in [5.74, 6) is -1.21. The number of amides is 1.